The molecule has 2 aromatic heterocycles. The summed E-state index contributed by atoms with van der Waals surface area (Å²) in [6, 6.07) is 56.6. The average Bonchev–Trinajstić information content (AvgIpc) is 4.15. The van der Waals surface area contributed by atoms with Gasteiger partial charge in [-0.2, -0.15) is 31.6 Å². The Morgan fingerprint density at radius 1 is 0.325 bits per heavy atom. The van der Waals surface area contributed by atoms with E-state index in [0.717, 1.165) is 123 Å². The molecule has 2 heterocycles. The van der Waals surface area contributed by atoms with E-state index in [1.807, 2.05) is 85.4 Å². The maximum atomic E-state index is 15.2. The van der Waals surface area contributed by atoms with Crippen LogP contribution in [-0.2, 0) is 12.4 Å². The van der Waals surface area contributed by atoms with Crippen molar-refractivity contribution in [3.63, 3.8) is 0 Å². The highest BCUT2D eigenvalue weighted by molar-refractivity contribution is 6.14. The van der Waals surface area contributed by atoms with Crippen LogP contribution in [0.4, 0.5) is 26.3 Å². The molecule has 0 N–H and O–H groups in total. The molecule has 0 spiro atoms. The van der Waals surface area contributed by atoms with Crippen molar-refractivity contribution >= 4 is 43.6 Å². The van der Waals surface area contributed by atoms with Gasteiger partial charge in [0, 0.05) is 27.1 Å². The minimum absolute atomic E-state index is 0.0621. The number of nitrogens with zero attached hydrogens (tertiary/aromatic N) is 3. The van der Waals surface area contributed by atoms with Gasteiger partial charge in [0.15, 0.2) is 0 Å². The predicted molar refractivity (Wildman–Crippen MR) is 315 cm³/mol. The van der Waals surface area contributed by atoms with Gasteiger partial charge in [-0.25, -0.2) is 0 Å². The second-order valence-electron chi connectivity index (χ2n) is 21.7. The summed E-state index contributed by atoms with van der Waals surface area (Å²) in [5, 5.41) is 14.4. The standard InChI is InChI=1S/C71H53F6N3/c1-39-9-17-55(43(5)25-39)48-13-21-63-59(33-48)60-34-49(56-18-10-40(2)26-44(56)6)14-22-64(60)79(63)67-29-47(38-78)30-68(69(67)52-31-53(70(72,73)74)37-54(32-52)71(75,76)77)80-65-23-15-50(57-19-11-41(3)27-45(57)7)35-61(65)62-36-51(16-24-66(62)80)58-20-12-42(4)28-46(58)8/h9-37H,1-8H3. The highest BCUT2D eigenvalue weighted by Gasteiger charge is 2.38. The number of fused-ring (bicyclic) bond motifs is 6. The first-order valence-corrected chi connectivity index (χ1v) is 26.5. The Kier molecular flexibility index (Phi) is 12.3. The maximum Gasteiger partial charge on any atom is 0.416 e. The van der Waals surface area contributed by atoms with E-state index >= 15 is 26.3 Å². The number of hydrogen-bond donors (Lipinski definition) is 0. The Labute approximate surface area is 460 Å². The van der Waals surface area contributed by atoms with Gasteiger partial charge in [0.05, 0.1) is 56.2 Å². The van der Waals surface area contributed by atoms with Crippen molar-refractivity contribution < 1.29 is 26.3 Å². The van der Waals surface area contributed by atoms with E-state index in [4.69, 9.17) is 0 Å². The van der Waals surface area contributed by atoms with Crippen LogP contribution in [0.1, 0.15) is 61.2 Å². The third kappa shape index (κ3) is 8.89. The van der Waals surface area contributed by atoms with Crippen LogP contribution in [0.5, 0.6) is 0 Å². The molecule has 10 aromatic carbocycles. The van der Waals surface area contributed by atoms with Gasteiger partial charge in [-0.05, 0) is 207 Å². The first-order valence-electron chi connectivity index (χ1n) is 26.5. The van der Waals surface area contributed by atoms with Crippen molar-refractivity contribution in [2.24, 2.45) is 0 Å². The van der Waals surface area contributed by atoms with Gasteiger partial charge >= 0.3 is 12.4 Å². The molecular weight excluding hydrogens is 1010 g/mol. The lowest BCUT2D eigenvalue weighted by molar-refractivity contribution is -0.143. The zero-order chi connectivity index (χ0) is 56.3. The van der Waals surface area contributed by atoms with Crippen molar-refractivity contribution in [3.05, 3.63) is 237 Å². The zero-order valence-electron chi connectivity index (χ0n) is 45.4. The van der Waals surface area contributed by atoms with Crippen LogP contribution in [-0.4, -0.2) is 9.13 Å². The highest BCUT2D eigenvalue weighted by atomic mass is 19.4. The van der Waals surface area contributed by atoms with Crippen molar-refractivity contribution in [2.75, 3.05) is 0 Å². The van der Waals surface area contributed by atoms with E-state index in [0.29, 0.717) is 22.1 Å². The second-order valence-corrected chi connectivity index (χ2v) is 21.7. The molecule has 0 saturated carbocycles. The Morgan fingerprint density at radius 2 is 0.613 bits per heavy atom. The summed E-state index contributed by atoms with van der Waals surface area (Å²) in [5.74, 6) is 0. The molecule has 9 heteroatoms. The molecule has 0 unspecified atom stereocenters. The molecule has 12 rings (SSSR count). The van der Waals surface area contributed by atoms with Gasteiger partial charge in [0.1, 0.15) is 0 Å². The first kappa shape index (κ1) is 51.6. The molecule has 394 valence electrons. The van der Waals surface area contributed by atoms with E-state index < -0.39 is 23.5 Å². The fraction of sp³-hybridized carbons (Fsp3) is 0.141. The molecule has 0 aliphatic rings. The third-order valence-corrected chi connectivity index (χ3v) is 15.9. The number of aromatic nitrogens is 2. The van der Waals surface area contributed by atoms with Crippen molar-refractivity contribution in [1.29, 1.82) is 5.26 Å². The lowest BCUT2D eigenvalue weighted by atomic mass is 9.94. The molecule has 0 bridgehead atoms. The van der Waals surface area contributed by atoms with Crippen LogP contribution in [0, 0.1) is 66.7 Å². The Balaban J connectivity index is 1.24. The second kappa shape index (κ2) is 19.1. The molecular formula is C71H53F6N3. The topological polar surface area (TPSA) is 33.6 Å². The van der Waals surface area contributed by atoms with Gasteiger partial charge in [0.2, 0.25) is 0 Å². The van der Waals surface area contributed by atoms with Crippen LogP contribution >= 0.6 is 0 Å². The molecule has 12 aromatic rings. The quantitative estimate of drug-likeness (QED) is 0.146. The maximum absolute atomic E-state index is 15.2. The van der Waals surface area contributed by atoms with Crippen molar-refractivity contribution in [1.82, 2.24) is 9.13 Å². The smallest absolute Gasteiger partial charge is 0.308 e. The Bertz CT molecular complexity index is 4120. The van der Waals surface area contributed by atoms with Gasteiger partial charge in [0.25, 0.3) is 0 Å². The van der Waals surface area contributed by atoms with Gasteiger partial charge in [-0.15, -0.1) is 0 Å². The number of hydrogen-bond acceptors (Lipinski definition) is 1. The molecule has 0 aliphatic carbocycles. The Morgan fingerprint density at radius 3 is 0.863 bits per heavy atom. The van der Waals surface area contributed by atoms with Crippen LogP contribution in [0.3, 0.4) is 0 Å². The summed E-state index contributed by atoms with van der Waals surface area (Å²) < 4.78 is 95.3. The third-order valence-electron chi connectivity index (χ3n) is 15.9. The van der Waals surface area contributed by atoms with Crippen LogP contribution in [0.25, 0.3) is 111 Å². The van der Waals surface area contributed by atoms with Crippen LogP contribution in [0.15, 0.2) is 176 Å². The number of benzene rings is 10. The minimum Gasteiger partial charge on any atom is -0.308 e. The van der Waals surface area contributed by atoms with E-state index in [1.54, 1.807) is 12.1 Å². The van der Waals surface area contributed by atoms with E-state index in [2.05, 4.69) is 131 Å². The first-order chi connectivity index (χ1) is 38.1. The van der Waals surface area contributed by atoms with E-state index in [9.17, 15) is 5.26 Å². The summed E-state index contributed by atoms with van der Waals surface area (Å²) in [5.41, 5.74) is 16.4. The van der Waals surface area contributed by atoms with Gasteiger partial charge < -0.3 is 9.13 Å². The number of nitriles is 1. The monoisotopic (exact) mass is 1060 g/mol. The summed E-state index contributed by atoms with van der Waals surface area (Å²) in [6.07, 6.45) is -10.3. The number of halogens is 6. The average molecular weight is 1060 g/mol. The van der Waals surface area contributed by atoms with E-state index in [-0.39, 0.29) is 34.1 Å². The van der Waals surface area contributed by atoms with Crippen LogP contribution in [0.2, 0.25) is 0 Å². The lowest BCUT2D eigenvalue weighted by Gasteiger charge is -2.22. The number of rotatable bonds is 7. The molecule has 3 nitrogen and oxygen atoms in total. The fourth-order valence-electron chi connectivity index (χ4n) is 12.2. The molecule has 0 fully saturated rings. The molecule has 0 saturated heterocycles. The summed E-state index contributed by atoms with van der Waals surface area (Å²) in [7, 11) is 0. The van der Waals surface area contributed by atoms with Crippen molar-refractivity contribution in [3.8, 4) is 73.1 Å². The Hall–Kier alpha value is -9.13. The van der Waals surface area contributed by atoms with Crippen molar-refractivity contribution in [2.45, 2.75) is 67.7 Å². The van der Waals surface area contributed by atoms with Gasteiger partial charge in [-0.1, -0.05) is 119 Å². The van der Waals surface area contributed by atoms with Gasteiger partial charge in [-0.3, -0.25) is 0 Å². The predicted octanol–water partition coefficient (Wildman–Crippen LogP) is 20.6. The van der Waals surface area contributed by atoms with Crippen LogP contribution < -0.4 is 0 Å². The summed E-state index contributed by atoms with van der Waals surface area (Å²) in [6.45, 7) is 16.4. The zero-order valence-corrected chi connectivity index (χ0v) is 45.4. The SMILES string of the molecule is Cc1ccc(-c2ccc3c(c2)c2cc(-c4ccc(C)cc4C)ccc2n3-c2cc(C#N)cc(-n3c4ccc(-c5ccc(C)cc5C)cc4c4cc(-c5ccc(C)cc5C)ccc43)c2-c2cc(C(F)(F)F)cc(C(F)(F)F)c2)c(C)c1. The lowest BCUT2D eigenvalue weighted by Crippen LogP contribution is -2.12. The largest absolute Gasteiger partial charge is 0.416 e. The summed E-state index contributed by atoms with van der Waals surface area (Å²) >= 11 is 0. The molecule has 0 amide bonds. The normalized spacial score (nSPS) is 12.1. The minimum atomic E-state index is -5.16. The molecule has 0 aliphatic heterocycles. The summed E-state index contributed by atoms with van der Waals surface area (Å²) in [4.78, 5) is 0. The number of alkyl halides is 6. The highest BCUT2D eigenvalue weighted by Crippen LogP contribution is 2.48. The molecule has 0 atom stereocenters. The number of aryl methyl sites for hydroxylation is 8. The molecule has 80 heavy (non-hydrogen) atoms. The fourth-order valence-corrected chi connectivity index (χ4v) is 12.2. The molecule has 0 radical (unpaired) electrons. The van der Waals surface area contributed by atoms with E-state index in [1.165, 1.54) is 0 Å².